The molecule has 0 radical (unpaired) electrons. The molecule has 0 spiro atoms. The molecular formula is C22H25Cl2N7O. The summed E-state index contributed by atoms with van der Waals surface area (Å²) in [4.78, 5) is 23.8. The molecule has 0 saturated carbocycles. The Bertz CT molecular complexity index is 1380. The molecule has 1 aromatic carbocycles. The minimum Gasteiger partial charge on any atom is -0.345 e. The summed E-state index contributed by atoms with van der Waals surface area (Å²) in [6.07, 6.45) is 4.99. The van der Waals surface area contributed by atoms with Crippen molar-refractivity contribution in [3.63, 3.8) is 0 Å². The molecule has 0 amide bonds. The van der Waals surface area contributed by atoms with Crippen molar-refractivity contribution in [1.29, 1.82) is 0 Å². The molecule has 2 bridgehead atoms. The summed E-state index contributed by atoms with van der Waals surface area (Å²) in [5.41, 5.74) is 2.95. The van der Waals surface area contributed by atoms with E-state index in [0.29, 0.717) is 28.0 Å². The molecule has 2 aliphatic heterocycles. The van der Waals surface area contributed by atoms with Crippen LogP contribution in [0.5, 0.6) is 0 Å². The third-order valence-electron chi connectivity index (χ3n) is 6.69. The Hall–Kier alpha value is -2.55. The number of piperidine rings is 1. The summed E-state index contributed by atoms with van der Waals surface area (Å²) < 4.78 is 3.54. The van der Waals surface area contributed by atoms with Crippen LogP contribution in [0.25, 0.3) is 33.1 Å². The normalized spacial score (nSPS) is 20.3. The SMILES string of the molecule is CCn1cc2c(Cl)c(-c3c[nH]c4nc(N5CC6CNC(C6)C5)n(C)c(=O)c34)ccc2n1.Cl. The van der Waals surface area contributed by atoms with Crippen LogP contribution in [0.15, 0.2) is 29.3 Å². The zero-order valence-corrected chi connectivity index (χ0v) is 19.5. The van der Waals surface area contributed by atoms with Gasteiger partial charge in [-0.2, -0.15) is 10.1 Å². The lowest BCUT2D eigenvalue weighted by atomic mass is 10.0. The van der Waals surface area contributed by atoms with Gasteiger partial charge in [0.05, 0.1) is 15.9 Å². The number of benzene rings is 1. The lowest BCUT2D eigenvalue weighted by Crippen LogP contribution is -2.43. The van der Waals surface area contributed by atoms with Gasteiger partial charge in [-0.05, 0) is 25.3 Å². The molecule has 2 saturated heterocycles. The van der Waals surface area contributed by atoms with E-state index in [-0.39, 0.29) is 18.0 Å². The van der Waals surface area contributed by atoms with Gasteiger partial charge < -0.3 is 15.2 Å². The fourth-order valence-electron chi connectivity index (χ4n) is 5.12. The van der Waals surface area contributed by atoms with Crippen molar-refractivity contribution in [1.82, 2.24) is 29.6 Å². The Morgan fingerprint density at radius 3 is 2.88 bits per heavy atom. The Kier molecular flexibility index (Phi) is 5.19. The van der Waals surface area contributed by atoms with Gasteiger partial charge in [-0.3, -0.25) is 14.0 Å². The van der Waals surface area contributed by atoms with Crippen molar-refractivity contribution in [3.05, 3.63) is 39.9 Å². The Morgan fingerprint density at radius 2 is 2.09 bits per heavy atom. The average molecular weight is 474 g/mol. The molecule has 5 heterocycles. The maximum Gasteiger partial charge on any atom is 0.264 e. The molecule has 2 atom stereocenters. The topological polar surface area (TPSA) is 83.8 Å². The predicted molar refractivity (Wildman–Crippen MR) is 130 cm³/mol. The first-order valence-corrected chi connectivity index (χ1v) is 11.1. The van der Waals surface area contributed by atoms with Crippen LogP contribution in [0.3, 0.4) is 0 Å². The largest absolute Gasteiger partial charge is 0.345 e. The third kappa shape index (κ3) is 3.12. The number of H-pyrrole nitrogens is 1. The van der Waals surface area contributed by atoms with E-state index in [1.54, 1.807) is 11.6 Å². The maximum absolute atomic E-state index is 13.5. The van der Waals surface area contributed by atoms with Crippen LogP contribution in [0.4, 0.5) is 5.95 Å². The van der Waals surface area contributed by atoms with E-state index >= 15 is 0 Å². The summed E-state index contributed by atoms with van der Waals surface area (Å²) in [5, 5.41) is 10.1. The molecular weight excluding hydrogens is 449 g/mol. The second-order valence-electron chi connectivity index (χ2n) is 8.66. The summed E-state index contributed by atoms with van der Waals surface area (Å²) in [7, 11) is 1.81. The molecule has 4 aromatic rings. The molecule has 2 fully saturated rings. The van der Waals surface area contributed by atoms with E-state index in [1.807, 2.05) is 36.1 Å². The van der Waals surface area contributed by atoms with Gasteiger partial charge in [0.1, 0.15) is 5.65 Å². The smallest absolute Gasteiger partial charge is 0.264 e. The van der Waals surface area contributed by atoms with Crippen molar-refractivity contribution < 1.29 is 0 Å². The molecule has 10 heteroatoms. The second kappa shape index (κ2) is 7.79. The zero-order chi connectivity index (χ0) is 21.3. The van der Waals surface area contributed by atoms with Crippen LogP contribution >= 0.6 is 24.0 Å². The molecule has 168 valence electrons. The molecule has 8 nitrogen and oxygen atoms in total. The van der Waals surface area contributed by atoms with Crippen molar-refractivity contribution >= 4 is 51.9 Å². The van der Waals surface area contributed by atoms with Crippen LogP contribution in [0, 0.1) is 5.92 Å². The average Bonchev–Trinajstić information content (AvgIpc) is 3.47. The van der Waals surface area contributed by atoms with E-state index in [9.17, 15) is 4.79 Å². The van der Waals surface area contributed by atoms with Crippen LogP contribution in [-0.2, 0) is 13.6 Å². The van der Waals surface area contributed by atoms with Gasteiger partial charge in [-0.15, -0.1) is 12.4 Å². The van der Waals surface area contributed by atoms with Gasteiger partial charge in [0.2, 0.25) is 5.95 Å². The van der Waals surface area contributed by atoms with Crippen molar-refractivity contribution in [2.24, 2.45) is 13.0 Å². The van der Waals surface area contributed by atoms with Crippen LogP contribution < -0.4 is 15.8 Å². The zero-order valence-electron chi connectivity index (χ0n) is 17.9. The lowest BCUT2D eigenvalue weighted by Gasteiger charge is -2.32. The third-order valence-corrected chi connectivity index (χ3v) is 7.10. The van der Waals surface area contributed by atoms with Crippen LogP contribution in [0.1, 0.15) is 13.3 Å². The fourth-order valence-corrected chi connectivity index (χ4v) is 5.43. The van der Waals surface area contributed by atoms with Crippen molar-refractivity contribution in [3.8, 4) is 11.1 Å². The molecule has 3 aromatic heterocycles. The number of fused-ring (bicyclic) bond motifs is 4. The van der Waals surface area contributed by atoms with Crippen molar-refractivity contribution in [2.45, 2.75) is 25.9 Å². The van der Waals surface area contributed by atoms with Gasteiger partial charge >= 0.3 is 0 Å². The quantitative estimate of drug-likeness (QED) is 0.477. The number of hydrogen-bond acceptors (Lipinski definition) is 5. The minimum atomic E-state index is -0.0671. The molecule has 32 heavy (non-hydrogen) atoms. The number of nitrogens with zero attached hydrogens (tertiary/aromatic N) is 5. The van der Waals surface area contributed by atoms with Gasteiger partial charge in [0.15, 0.2) is 0 Å². The van der Waals surface area contributed by atoms with E-state index in [2.05, 4.69) is 20.3 Å². The number of aromatic amines is 1. The standard InChI is InChI=1S/C22H24ClN7O.ClH/c1-3-30-11-16-17(27-30)5-4-14(19(16)23)15-8-25-20-18(15)21(31)28(2)22(26-20)29-9-12-6-13(10-29)24-7-12;/h4-5,8,11-13,24-25H,3,6-7,9-10H2,1-2H3;1H. The van der Waals surface area contributed by atoms with E-state index in [1.165, 1.54) is 6.42 Å². The monoisotopic (exact) mass is 473 g/mol. The number of halogens is 2. The van der Waals surface area contributed by atoms with Gasteiger partial charge in [0, 0.05) is 68.2 Å². The molecule has 6 rings (SSSR count). The Morgan fingerprint density at radius 1 is 1.25 bits per heavy atom. The van der Waals surface area contributed by atoms with E-state index < -0.39 is 0 Å². The van der Waals surface area contributed by atoms with Gasteiger partial charge in [-0.25, -0.2) is 0 Å². The lowest BCUT2D eigenvalue weighted by molar-refractivity contribution is 0.464. The van der Waals surface area contributed by atoms with Gasteiger partial charge in [-0.1, -0.05) is 17.7 Å². The summed E-state index contributed by atoms with van der Waals surface area (Å²) in [6.45, 7) is 5.65. The molecule has 0 aliphatic carbocycles. The molecule has 2 aliphatic rings. The number of hydrogen-bond donors (Lipinski definition) is 2. The van der Waals surface area contributed by atoms with Crippen LogP contribution in [-0.4, -0.2) is 50.0 Å². The highest BCUT2D eigenvalue weighted by molar-refractivity contribution is 6.38. The first kappa shape index (κ1) is 21.3. The first-order valence-electron chi connectivity index (χ1n) is 10.8. The summed E-state index contributed by atoms with van der Waals surface area (Å²) >= 11 is 6.78. The number of rotatable bonds is 3. The fraction of sp³-hybridized carbons (Fsp3) is 0.409. The Labute approximate surface area is 196 Å². The first-order chi connectivity index (χ1) is 15.0. The van der Waals surface area contributed by atoms with Crippen LogP contribution in [0.2, 0.25) is 5.02 Å². The number of aryl methyl sites for hydroxylation is 1. The molecule has 2 N–H and O–H groups in total. The highest BCUT2D eigenvalue weighted by Gasteiger charge is 2.34. The highest BCUT2D eigenvalue weighted by Crippen LogP contribution is 2.37. The maximum atomic E-state index is 13.5. The van der Waals surface area contributed by atoms with E-state index in [4.69, 9.17) is 16.6 Å². The van der Waals surface area contributed by atoms with Gasteiger partial charge in [0.25, 0.3) is 5.56 Å². The summed E-state index contributed by atoms with van der Waals surface area (Å²) in [6, 6.07) is 4.35. The van der Waals surface area contributed by atoms with Crippen molar-refractivity contribution in [2.75, 3.05) is 24.5 Å². The van der Waals surface area contributed by atoms with E-state index in [0.717, 1.165) is 54.2 Å². The highest BCUT2D eigenvalue weighted by atomic mass is 35.5. The number of anilines is 1. The molecule has 2 unspecified atom stereocenters. The minimum absolute atomic E-state index is 0. The predicted octanol–water partition coefficient (Wildman–Crippen LogP) is 3.17. The number of nitrogens with one attached hydrogen (secondary N) is 2. The Balaban J connectivity index is 0.00000216. The summed E-state index contributed by atoms with van der Waals surface area (Å²) in [5.74, 6) is 1.33. The second-order valence-corrected chi connectivity index (χ2v) is 9.04. The number of aromatic nitrogens is 5.